The lowest BCUT2D eigenvalue weighted by atomic mass is 10.2. The lowest BCUT2D eigenvalue weighted by Gasteiger charge is -2.30. The third-order valence-corrected chi connectivity index (χ3v) is 6.11. The van der Waals surface area contributed by atoms with Crippen LogP contribution in [0, 0.1) is 0 Å². The molecule has 0 saturated heterocycles. The molecular formula is C22H19Cl2N3OS. The number of halogens is 2. The van der Waals surface area contributed by atoms with Crippen molar-refractivity contribution in [3.8, 4) is 5.75 Å². The monoisotopic (exact) mass is 443 g/mol. The number of ether oxygens (including phenoxy) is 1. The van der Waals surface area contributed by atoms with E-state index in [-0.39, 0.29) is 6.35 Å². The Kier molecular flexibility index (Phi) is 6.19. The highest BCUT2D eigenvalue weighted by atomic mass is 35.5. The number of amidine groups is 1. The standard InChI is InChI=1S/C22H19Cl2N3OS/c1-26-22(28-18-10-6-3-7-11-18)27(17-8-4-2-5-9-17)21(25-26)29-15-16-12-13-19(23)20(24)14-16/h2-14,22H,15H2,1H3. The van der Waals surface area contributed by atoms with Crippen molar-refractivity contribution in [2.24, 2.45) is 5.10 Å². The van der Waals surface area contributed by atoms with Crippen molar-refractivity contribution in [3.05, 3.63) is 94.5 Å². The summed E-state index contributed by atoms with van der Waals surface area (Å²) in [5.74, 6) is 1.50. The van der Waals surface area contributed by atoms with Gasteiger partial charge in [0, 0.05) is 18.5 Å². The van der Waals surface area contributed by atoms with Gasteiger partial charge in [-0.2, -0.15) is 0 Å². The van der Waals surface area contributed by atoms with Crippen LogP contribution in [0.15, 0.2) is 84.0 Å². The highest BCUT2D eigenvalue weighted by molar-refractivity contribution is 8.13. The summed E-state index contributed by atoms with van der Waals surface area (Å²) >= 11 is 13.8. The van der Waals surface area contributed by atoms with Crippen molar-refractivity contribution >= 4 is 45.8 Å². The smallest absolute Gasteiger partial charge is 0.273 e. The number of hydrazone groups is 1. The summed E-state index contributed by atoms with van der Waals surface area (Å²) in [6.45, 7) is 0. The lowest BCUT2D eigenvalue weighted by molar-refractivity contribution is 0.0698. The molecule has 0 amide bonds. The summed E-state index contributed by atoms with van der Waals surface area (Å²) in [5, 5.41) is 8.53. The molecule has 4 rings (SSSR count). The van der Waals surface area contributed by atoms with Crippen molar-refractivity contribution in [2.45, 2.75) is 12.1 Å². The zero-order valence-corrected chi connectivity index (χ0v) is 18.0. The highest BCUT2D eigenvalue weighted by Crippen LogP contribution is 2.32. The Hall–Kier alpha value is -2.34. The molecule has 4 nitrogen and oxygen atoms in total. The maximum atomic E-state index is 6.26. The second-order valence-electron chi connectivity index (χ2n) is 6.46. The molecule has 0 saturated carbocycles. The second kappa shape index (κ2) is 8.99. The van der Waals surface area contributed by atoms with Gasteiger partial charge in [0.1, 0.15) is 5.75 Å². The van der Waals surface area contributed by atoms with Crippen LogP contribution in [0.25, 0.3) is 0 Å². The van der Waals surface area contributed by atoms with Crippen molar-refractivity contribution in [1.82, 2.24) is 5.01 Å². The second-order valence-corrected chi connectivity index (χ2v) is 8.21. The Bertz CT molecular complexity index is 1000. The van der Waals surface area contributed by atoms with Crippen LogP contribution < -0.4 is 9.64 Å². The first-order valence-corrected chi connectivity index (χ1v) is 10.8. The first-order valence-electron chi connectivity index (χ1n) is 9.06. The minimum Gasteiger partial charge on any atom is -0.450 e. The molecule has 0 aliphatic carbocycles. The molecule has 1 aliphatic heterocycles. The van der Waals surface area contributed by atoms with E-state index in [1.807, 2.05) is 78.8 Å². The van der Waals surface area contributed by atoms with Gasteiger partial charge in [0.2, 0.25) is 0 Å². The molecule has 0 spiro atoms. The molecule has 1 heterocycles. The number of hydrogen-bond donors (Lipinski definition) is 0. The molecule has 0 bridgehead atoms. The number of anilines is 1. The van der Waals surface area contributed by atoms with E-state index in [0.29, 0.717) is 15.8 Å². The van der Waals surface area contributed by atoms with Crippen LogP contribution in [0.4, 0.5) is 5.69 Å². The maximum absolute atomic E-state index is 6.26. The average Bonchev–Trinajstić information content (AvgIpc) is 3.05. The largest absolute Gasteiger partial charge is 0.450 e. The maximum Gasteiger partial charge on any atom is 0.273 e. The first-order chi connectivity index (χ1) is 14.1. The number of hydrogen-bond acceptors (Lipinski definition) is 5. The molecular weight excluding hydrogens is 425 g/mol. The van der Waals surface area contributed by atoms with Crippen LogP contribution in [-0.2, 0) is 5.75 Å². The third-order valence-electron chi connectivity index (χ3n) is 4.36. The molecule has 3 aromatic carbocycles. The number of nitrogens with zero attached hydrogens (tertiary/aromatic N) is 3. The van der Waals surface area contributed by atoms with E-state index in [4.69, 9.17) is 33.0 Å². The summed E-state index contributed by atoms with van der Waals surface area (Å²) in [4.78, 5) is 2.09. The predicted molar refractivity (Wildman–Crippen MR) is 123 cm³/mol. The van der Waals surface area contributed by atoms with E-state index < -0.39 is 0 Å². The Morgan fingerprint density at radius 2 is 1.62 bits per heavy atom. The van der Waals surface area contributed by atoms with Gasteiger partial charge in [0.25, 0.3) is 6.35 Å². The number of rotatable bonds is 5. The van der Waals surface area contributed by atoms with Crippen LogP contribution in [0.2, 0.25) is 10.0 Å². The minimum absolute atomic E-state index is 0.379. The minimum atomic E-state index is -0.379. The topological polar surface area (TPSA) is 28.1 Å². The fourth-order valence-corrected chi connectivity index (χ4v) is 4.26. The van der Waals surface area contributed by atoms with E-state index in [2.05, 4.69) is 17.0 Å². The van der Waals surface area contributed by atoms with Gasteiger partial charge in [0.15, 0.2) is 5.17 Å². The van der Waals surface area contributed by atoms with Crippen LogP contribution in [0.1, 0.15) is 5.56 Å². The Balaban J connectivity index is 1.57. The van der Waals surface area contributed by atoms with Crippen LogP contribution in [0.3, 0.4) is 0 Å². The Morgan fingerprint density at radius 3 is 2.31 bits per heavy atom. The fourth-order valence-electron chi connectivity index (χ4n) is 2.95. The molecule has 7 heteroatoms. The molecule has 1 aliphatic rings. The van der Waals surface area contributed by atoms with Gasteiger partial charge in [-0.1, -0.05) is 77.4 Å². The van der Waals surface area contributed by atoms with Gasteiger partial charge >= 0.3 is 0 Å². The van der Waals surface area contributed by atoms with Gasteiger partial charge in [-0.25, -0.2) is 5.01 Å². The van der Waals surface area contributed by atoms with E-state index in [1.54, 1.807) is 11.8 Å². The van der Waals surface area contributed by atoms with Gasteiger partial charge in [0.05, 0.1) is 10.0 Å². The summed E-state index contributed by atoms with van der Waals surface area (Å²) in [7, 11) is 1.91. The van der Waals surface area contributed by atoms with Crippen LogP contribution >= 0.6 is 35.0 Å². The van der Waals surface area contributed by atoms with Crippen molar-refractivity contribution in [2.75, 3.05) is 11.9 Å². The molecule has 0 radical (unpaired) electrons. The molecule has 29 heavy (non-hydrogen) atoms. The Morgan fingerprint density at radius 1 is 0.931 bits per heavy atom. The number of thioether (sulfide) groups is 1. The molecule has 0 aromatic heterocycles. The van der Waals surface area contributed by atoms with Crippen molar-refractivity contribution < 1.29 is 4.74 Å². The van der Waals surface area contributed by atoms with E-state index >= 15 is 0 Å². The zero-order valence-electron chi connectivity index (χ0n) is 15.7. The van der Waals surface area contributed by atoms with Crippen molar-refractivity contribution in [1.29, 1.82) is 0 Å². The predicted octanol–water partition coefficient (Wildman–Crippen LogP) is 6.31. The first kappa shape index (κ1) is 20.0. The van der Waals surface area contributed by atoms with E-state index in [1.165, 1.54) is 0 Å². The van der Waals surface area contributed by atoms with Crippen LogP contribution in [-0.4, -0.2) is 23.6 Å². The highest BCUT2D eigenvalue weighted by Gasteiger charge is 2.35. The molecule has 0 fully saturated rings. The molecule has 1 unspecified atom stereocenters. The molecule has 1 atom stereocenters. The van der Waals surface area contributed by atoms with Gasteiger partial charge < -0.3 is 4.74 Å². The van der Waals surface area contributed by atoms with Gasteiger partial charge in [-0.05, 0) is 42.0 Å². The van der Waals surface area contributed by atoms with Crippen LogP contribution in [0.5, 0.6) is 5.75 Å². The normalized spacial score (nSPS) is 16.1. The SMILES string of the molecule is CN1N=C(SCc2ccc(Cl)c(Cl)c2)N(c2ccccc2)C1Oc1ccccc1. The quantitative estimate of drug-likeness (QED) is 0.461. The molecule has 148 valence electrons. The third kappa shape index (κ3) is 4.64. The van der Waals surface area contributed by atoms with Crippen molar-refractivity contribution in [3.63, 3.8) is 0 Å². The average molecular weight is 444 g/mol. The van der Waals surface area contributed by atoms with Gasteiger partial charge in [-0.15, -0.1) is 5.10 Å². The molecule has 0 N–H and O–H groups in total. The number of benzene rings is 3. The van der Waals surface area contributed by atoms with Gasteiger partial charge in [-0.3, -0.25) is 4.90 Å². The van der Waals surface area contributed by atoms with E-state index in [0.717, 1.165) is 22.2 Å². The summed E-state index contributed by atoms with van der Waals surface area (Å²) < 4.78 is 6.26. The Labute approximate surface area is 184 Å². The molecule has 3 aromatic rings. The zero-order chi connectivity index (χ0) is 20.2. The summed E-state index contributed by atoms with van der Waals surface area (Å²) in [5.41, 5.74) is 2.09. The summed E-state index contributed by atoms with van der Waals surface area (Å²) in [6.07, 6.45) is -0.379. The number of para-hydroxylation sites is 2. The summed E-state index contributed by atoms with van der Waals surface area (Å²) in [6, 6.07) is 25.6. The lowest BCUT2D eigenvalue weighted by Crippen LogP contribution is -2.44. The van der Waals surface area contributed by atoms with E-state index in [9.17, 15) is 0 Å². The fraction of sp³-hybridized carbons (Fsp3) is 0.136.